The van der Waals surface area contributed by atoms with Gasteiger partial charge in [-0.3, -0.25) is 46.0 Å². The van der Waals surface area contributed by atoms with Crippen LogP contribution >= 0.6 is 12.2 Å². The van der Waals surface area contributed by atoms with Crippen LogP contribution in [0.1, 0.15) is 10.4 Å². The van der Waals surface area contributed by atoms with Gasteiger partial charge in [-0.25, -0.2) is 0 Å². The first-order valence-corrected chi connectivity index (χ1v) is 8.19. The van der Waals surface area contributed by atoms with Crippen molar-refractivity contribution >= 4 is 40.5 Å². The minimum absolute atomic E-state index is 0.0818. The van der Waals surface area contributed by atoms with Crippen molar-refractivity contribution in [1.29, 1.82) is 0 Å². The van der Waals surface area contributed by atoms with Gasteiger partial charge in [0.05, 0.1) is 9.85 Å². The summed E-state index contributed by atoms with van der Waals surface area (Å²) in [5, 5.41) is 23.5. The Balaban J connectivity index is 1.80. The summed E-state index contributed by atoms with van der Waals surface area (Å²) in [4.78, 5) is 44.0. The molecule has 13 heteroatoms. The summed E-state index contributed by atoms with van der Waals surface area (Å²) in [6.07, 6.45) is 0. The van der Waals surface area contributed by atoms with Crippen LogP contribution in [-0.2, 0) is 4.79 Å². The number of benzene rings is 2. The van der Waals surface area contributed by atoms with Gasteiger partial charge in [0.25, 0.3) is 17.5 Å². The molecule has 2 rings (SSSR count). The predicted molar refractivity (Wildman–Crippen MR) is 103 cm³/mol. The number of thiocarbonyl (C=S) groups is 1. The average Bonchev–Trinajstić information content (AvgIpc) is 2.70. The Morgan fingerprint density at radius 1 is 0.966 bits per heavy atom. The van der Waals surface area contributed by atoms with Crippen molar-refractivity contribution in [2.45, 2.75) is 0 Å². The molecule has 29 heavy (non-hydrogen) atoms. The number of hydrogen-bond acceptors (Lipinski definition) is 8. The minimum atomic E-state index is -0.713. The summed E-state index contributed by atoms with van der Waals surface area (Å²) in [6, 6.07) is 10.4. The molecule has 0 heterocycles. The van der Waals surface area contributed by atoms with Crippen LogP contribution in [0.4, 0.5) is 11.4 Å². The number of non-ortho nitro benzene ring substituents is 1. The fraction of sp³-hybridized carbons (Fsp3) is 0.0625. The van der Waals surface area contributed by atoms with E-state index in [-0.39, 0.29) is 27.8 Å². The molecule has 0 spiro atoms. The maximum absolute atomic E-state index is 12.0. The zero-order valence-electron chi connectivity index (χ0n) is 14.5. The number of hydrogen-bond donors (Lipinski definition) is 3. The zero-order valence-corrected chi connectivity index (χ0v) is 15.3. The molecule has 0 fully saturated rings. The molecule has 2 amide bonds. The monoisotopic (exact) mass is 419 g/mol. The standard InChI is InChI=1S/C16H13N5O7S/c22-14(9-28-13-4-2-1-3-12(13)21(26)27)18-19-16(29)17-15(23)10-5-7-11(8-6-10)20(24)25/h1-8H,9H2,(H,18,22)(H2,17,19,23,29). The first-order valence-electron chi connectivity index (χ1n) is 7.78. The SMILES string of the molecule is O=C(COc1ccccc1[N+](=O)[O-])NNC(=S)NC(=O)c1ccc([N+](=O)[O-])cc1. The number of nitrogens with one attached hydrogen (secondary N) is 3. The summed E-state index contributed by atoms with van der Waals surface area (Å²) in [5.41, 5.74) is 4.07. The van der Waals surface area contributed by atoms with Gasteiger partial charge in [0.2, 0.25) is 0 Å². The van der Waals surface area contributed by atoms with Gasteiger partial charge in [-0.05, 0) is 30.4 Å². The molecule has 0 aliphatic carbocycles. The van der Waals surface area contributed by atoms with Crippen LogP contribution in [0.5, 0.6) is 5.75 Å². The Hall–Kier alpha value is -4.13. The number of amides is 2. The lowest BCUT2D eigenvalue weighted by Crippen LogP contribution is -2.49. The van der Waals surface area contributed by atoms with Crippen molar-refractivity contribution < 1.29 is 24.2 Å². The molecule has 150 valence electrons. The Morgan fingerprint density at radius 2 is 1.62 bits per heavy atom. The maximum atomic E-state index is 12.0. The summed E-state index contributed by atoms with van der Waals surface area (Å²) in [6.45, 7) is -0.545. The fourth-order valence-electron chi connectivity index (χ4n) is 1.98. The molecule has 0 bridgehead atoms. The molecule has 0 aromatic heterocycles. The van der Waals surface area contributed by atoms with E-state index in [1.165, 1.54) is 36.4 Å². The van der Waals surface area contributed by atoms with Gasteiger partial charge >= 0.3 is 5.69 Å². The van der Waals surface area contributed by atoms with E-state index >= 15 is 0 Å². The van der Waals surface area contributed by atoms with Crippen LogP contribution < -0.4 is 20.9 Å². The highest BCUT2D eigenvalue weighted by Crippen LogP contribution is 2.25. The highest BCUT2D eigenvalue weighted by atomic mass is 32.1. The second kappa shape index (κ2) is 9.70. The van der Waals surface area contributed by atoms with Gasteiger partial charge < -0.3 is 4.74 Å². The van der Waals surface area contributed by atoms with E-state index < -0.39 is 28.3 Å². The molecule has 0 atom stereocenters. The Kier molecular flexibility index (Phi) is 7.08. The van der Waals surface area contributed by atoms with Gasteiger partial charge in [-0.1, -0.05) is 12.1 Å². The third-order valence-corrected chi connectivity index (χ3v) is 3.51. The molecule has 2 aromatic rings. The van der Waals surface area contributed by atoms with Crippen molar-refractivity contribution in [3.63, 3.8) is 0 Å². The van der Waals surface area contributed by atoms with Crippen LogP contribution in [0.15, 0.2) is 48.5 Å². The predicted octanol–water partition coefficient (Wildman–Crippen LogP) is 1.22. The highest BCUT2D eigenvalue weighted by Gasteiger charge is 2.15. The molecular formula is C16H13N5O7S. The second-order valence-electron chi connectivity index (χ2n) is 5.27. The third kappa shape index (κ3) is 6.21. The molecule has 0 unspecified atom stereocenters. The van der Waals surface area contributed by atoms with E-state index in [0.29, 0.717) is 0 Å². The van der Waals surface area contributed by atoms with E-state index in [0.717, 1.165) is 12.1 Å². The summed E-state index contributed by atoms with van der Waals surface area (Å²) < 4.78 is 5.09. The quantitative estimate of drug-likeness (QED) is 0.354. The summed E-state index contributed by atoms with van der Waals surface area (Å²) in [7, 11) is 0. The highest BCUT2D eigenvalue weighted by molar-refractivity contribution is 7.80. The van der Waals surface area contributed by atoms with Crippen molar-refractivity contribution in [3.8, 4) is 5.75 Å². The Bertz CT molecular complexity index is 964. The van der Waals surface area contributed by atoms with Crippen molar-refractivity contribution in [3.05, 3.63) is 74.3 Å². The Morgan fingerprint density at radius 3 is 2.24 bits per heavy atom. The number of rotatable bonds is 6. The second-order valence-corrected chi connectivity index (χ2v) is 5.68. The number of carbonyl (C=O) groups is 2. The number of nitro benzene ring substituents is 2. The molecule has 2 aromatic carbocycles. The minimum Gasteiger partial charge on any atom is -0.477 e. The van der Waals surface area contributed by atoms with Crippen molar-refractivity contribution in [1.82, 2.24) is 16.2 Å². The van der Waals surface area contributed by atoms with E-state index in [1.54, 1.807) is 0 Å². The van der Waals surface area contributed by atoms with Crippen LogP contribution in [0, 0.1) is 20.2 Å². The lowest BCUT2D eigenvalue weighted by Gasteiger charge is -2.11. The van der Waals surface area contributed by atoms with Crippen molar-refractivity contribution in [2.75, 3.05) is 6.61 Å². The van der Waals surface area contributed by atoms with E-state index in [2.05, 4.69) is 16.2 Å². The lowest BCUT2D eigenvalue weighted by atomic mass is 10.2. The first-order chi connectivity index (χ1) is 13.8. The smallest absolute Gasteiger partial charge is 0.310 e. The summed E-state index contributed by atoms with van der Waals surface area (Å²) >= 11 is 4.85. The van der Waals surface area contributed by atoms with Crippen LogP contribution in [0.3, 0.4) is 0 Å². The molecule has 0 aliphatic heterocycles. The van der Waals surface area contributed by atoms with Crippen LogP contribution in [0.2, 0.25) is 0 Å². The van der Waals surface area contributed by atoms with Gasteiger partial charge in [0.1, 0.15) is 0 Å². The molecule has 0 saturated carbocycles. The fourth-order valence-corrected chi connectivity index (χ4v) is 2.12. The molecular weight excluding hydrogens is 406 g/mol. The number of hydrazine groups is 1. The molecule has 0 aliphatic rings. The Labute approximate surface area is 168 Å². The van der Waals surface area contributed by atoms with Gasteiger partial charge in [0.15, 0.2) is 17.5 Å². The van der Waals surface area contributed by atoms with Gasteiger partial charge in [-0.15, -0.1) is 0 Å². The average molecular weight is 419 g/mol. The van der Waals surface area contributed by atoms with Crippen LogP contribution in [-0.4, -0.2) is 33.4 Å². The number of nitrogens with zero attached hydrogens (tertiary/aromatic N) is 2. The number of nitro groups is 2. The number of ether oxygens (including phenoxy) is 1. The van der Waals surface area contributed by atoms with E-state index in [9.17, 15) is 29.8 Å². The van der Waals surface area contributed by atoms with E-state index in [4.69, 9.17) is 17.0 Å². The van der Waals surface area contributed by atoms with Crippen LogP contribution in [0.25, 0.3) is 0 Å². The van der Waals surface area contributed by atoms with Gasteiger partial charge in [0, 0.05) is 23.8 Å². The molecule has 0 radical (unpaired) electrons. The topological polar surface area (TPSA) is 166 Å². The number of para-hydroxylation sites is 2. The summed E-state index contributed by atoms with van der Waals surface area (Å²) in [5.74, 6) is -1.44. The van der Waals surface area contributed by atoms with Gasteiger partial charge in [-0.2, -0.15) is 0 Å². The third-order valence-electron chi connectivity index (χ3n) is 3.30. The zero-order chi connectivity index (χ0) is 21.4. The molecule has 0 saturated heterocycles. The largest absolute Gasteiger partial charge is 0.477 e. The first kappa shape index (κ1) is 21.2. The normalized spacial score (nSPS) is 9.79. The molecule has 12 nitrogen and oxygen atoms in total. The number of carbonyl (C=O) groups excluding carboxylic acids is 2. The molecule has 3 N–H and O–H groups in total. The van der Waals surface area contributed by atoms with Crippen molar-refractivity contribution in [2.24, 2.45) is 0 Å². The van der Waals surface area contributed by atoms with E-state index in [1.807, 2.05) is 0 Å². The maximum Gasteiger partial charge on any atom is 0.310 e. The lowest BCUT2D eigenvalue weighted by molar-refractivity contribution is -0.385.